The van der Waals surface area contributed by atoms with Crippen LogP contribution in [0.2, 0.25) is 5.02 Å². The molecule has 0 spiro atoms. The molecule has 1 N–H and O–H groups in total. The van der Waals surface area contributed by atoms with Crippen LogP contribution in [0.5, 0.6) is 5.75 Å². The molecule has 0 heterocycles. The molecule has 2 rings (SSSR count). The molecule has 5 nitrogen and oxygen atoms in total. The SMILES string of the molecule is CS(=O)(=O)Nc1ccc(C(=O)COc2ccc(F)c(Cl)c2)cc1. The van der Waals surface area contributed by atoms with Gasteiger partial charge in [0.1, 0.15) is 11.6 Å². The van der Waals surface area contributed by atoms with Gasteiger partial charge in [0.2, 0.25) is 10.0 Å². The minimum atomic E-state index is -3.37. The number of carbonyl (C=O) groups is 1. The van der Waals surface area contributed by atoms with E-state index >= 15 is 0 Å². The molecular formula is C15H13ClFNO4S. The van der Waals surface area contributed by atoms with Gasteiger partial charge in [-0.3, -0.25) is 9.52 Å². The van der Waals surface area contributed by atoms with Gasteiger partial charge in [0.05, 0.1) is 11.3 Å². The van der Waals surface area contributed by atoms with Crippen LogP contribution in [0.1, 0.15) is 10.4 Å². The topological polar surface area (TPSA) is 72.5 Å². The molecule has 0 atom stereocenters. The average molecular weight is 358 g/mol. The summed E-state index contributed by atoms with van der Waals surface area (Å²) in [6.45, 7) is -0.249. The fourth-order valence-electron chi connectivity index (χ4n) is 1.74. The first-order chi connectivity index (χ1) is 10.7. The summed E-state index contributed by atoms with van der Waals surface area (Å²) in [5, 5.41) is -0.0915. The van der Waals surface area contributed by atoms with E-state index in [1.54, 1.807) is 0 Å². The van der Waals surface area contributed by atoms with Crippen molar-refractivity contribution in [1.29, 1.82) is 0 Å². The van der Waals surface area contributed by atoms with E-state index in [1.165, 1.54) is 36.4 Å². The van der Waals surface area contributed by atoms with Gasteiger partial charge in [-0.05, 0) is 36.4 Å². The van der Waals surface area contributed by atoms with E-state index in [4.69, 9.17) is 16.3 Å². The van der Waals surface area contributed by atoms with Crippen LogP contribution in [0.25, 0.3) is 0 Å². The van der Waals surface area contributed by atoms with E-state index in [-0.39, 0.29) is 23.2 Å². The second kappa shape index (κ2) is 6.97. The van der Waals surface area contributed by atoms with Crippen LogP contribution in [0, 0.1) is 5.82 Å². The van der Waals surface area contributed by atoms with Crippen molar-refractivity contribution in [2.75, 3.05) is 17.6 Å². The summed E-state index contributed by atoms with van der Waals surface area (Å²) >= 11 is 5.62. The van der Waals surface area contributed by atoms with Gasteiger partial charge in [-0.1, -0.05) is 11.6 Å². The summed E-state index contributed by atoms with van der Waals surface area (Å²) in [7, 11) is -3.37. The van der Waals surface area contributed by atoms with Crippen LogP contribution in [0.3, 0.4) is 0 Å². The maximum Gasteiger partial charge on any atom is 0.229 e. The first-order valence-electron chi connectivity index (χ1n) is 6.43. The molecule has 0 amide bonds. The molecule has 0 saturated carbocycles. The van der Waals surface area contributed by atoms with Gasteiger partial charge in [0.15, 0.2) is 12.4 Å². The van der Waals surface area contributed by atoms with Crippen LogP contribution < -0.4 is 9.46 Å². The molecule has 0 bridgehead atoms. The average Bonchev–Trinajstić information content (AvgIpc) is 2.47. The fourth-order valence-corrected chi connectivity index (χ4v) is 2.47. The highest BCUT2D eigenvalue weighted by Crippen LogP contribution is 2.21. The highest BCUT2D eigenvalue weighted by atomic mass is 35.5. The largest absolute Gasteiger partial charge is 0.485 e. The first-order valence-corrected chi connectivity index (χ1v) is 8.70. The van der Waals surface area contributed by atoms with Crippen molar-refractivity contribution in [3.8, 4) is 5.75 Å². The fraction of sp³-hybridized carbons (Fsp3) is 0.133. The number of sulfonamides is 1. The summed E-state index contributed by atoms with van der Waals surface area (Å²) in [6, 6.07) is 9.71. The van der Waals surface area contributed by atoms with E-state index in [1.807, 2.05) is 0 Å². The Hall–Kier alpha value is -2.12. The third-order valence-electron chi connectivity index (χ3n) is 2.77. The number of anilines is 1. The van der Waals surface area contributed by atoms with Crippen molar-refractivity contribution in [2.45, 2.75) is 0 Å². The Morgan fingerprint density at radius 1 is 1.22 bits per heavy atom. The molecule has 0 aromatic heterocycles. The molecule has 0 radical (unpaired) electrons. The predicted molar refractivity (Wildman–Crippen MR) is 86.1 cm³/mol. The van der Waals surface area contributed by atoms with Gasteiger partial charge in [0.25, 0.3) is 0 Å². The summed E-state index contributed by atoms with van der Waals surface area (Å²) in [4.78, 5) is 12.0. The molecule has 8 heteroatoms. The summed E-state index contributed by atoms with van der Waals surface area (Å²) < 4.78 is 42.8. The zero-order valence-corrected chi connectivity index (χ0v) is 13.6. The van der Waals surface area contributed by atoms with Gasteiger partial charge in [-0.25, -0.2) is 12.8 Å². The number of carbonyl (C=O) groups excluding carboxylic acids is 1. The second-order valence-corrected chi connectivity index (χ2v) is 6.89. The van der Waals surface area contributed by atoms with Crippen molar-refractivity contribution >= 4 is 33.1 Å². The number of Topliss-reactive ketones (excluding diaryl/α,β-unsaturated/α-hetero) is 1. The number of ether oxygens (including phenoxy) is 1. The molecule has 2 aromatic carbocycles. The number of hydrogen-bond donors (Lipinski definition) is 1. The Kier molecular flexibility index (Phi) is 5.23. The van der Waals surface area contributed by atoms with E-state index in [0.717, 1.165) is 12.3 Å². The van der Waals surface area contributed by atoms with Crippen LogP contribution in [0.4, 0.5) is 10.1 Å². The maximum absolute atomic E-state index is 13.0. The van der Waals surface area contributed by atoms with Crippen molar-refractivity contribution in [3.05, 3.63) is 58.9 Å². The molecule has 0 aliphatic heterocycles. The van der Waals surface area contributed by atoms with Crippen molar-refractivity contribution in [2.24, 2.45) is 0 Å². The molecule has 0 unspecified atom stereocenters. The van der Waals surface area contributed by atoms with E-state index in [2.05, 4.69) is 4.72 Å². The zero-order chi connectivity index (χ0) is 17.0. The third kappa shape index (κ3) is 5.22. The Bertz CT molecular complexity index is 822. The lowest BCUT2D eigenvalue weighted by atomic mass is 10.1. The molecule has 0 fully saturated rings. The summed E-state index contributed by atoms with van der Waals surface area (Å²) in [5.41, 5.74) is 0.715. The van der Waals surface area contributed by atoms with Gasteiger partial charge in [0, 0.05) is 17.3 Å². The van der Waals surface area contributed by atoms with E-state index in [9.17, 15) is 17.6 Å². The standard InChI is InChI=1S/C15H13ClFNO4S/c1-23(20,21)18-11-4-2-10(3-5-11)15(19)9-22-12-6-7-14(17)13(16)8-12/h2-8,18H,9H2,1H3. The minimum Gasteiger partial charge on any atom is -0.485 e. The van der Waals surface area contributed by atoms with Gasteiger partial charge in [-0.15, -0.1) is 0 Å². The number of benzene rings is 2. The number of halogens is 2. The molecule has 2 aromatic rings. The normalized spacial score (nSPS) is 11.1. The Morgan fingerprint density at radius 2 is 1.87 bits per heavy atom. The molecular weight excluding hydrogens is 345 g/mol. The predicted octanol–water partition coefficient (Wildman–Crippen LogP) is 3.11. The highest BCUT2D eigenvalue weighted by Gasteiger charge is 2.09. The zero-order valence-electron chi connectivity index (χ0n) is 12.0. The number of ketones is 1. The lowest BCUT2D eigenvalue weighted by Gasteiger charge is -2.07. The highest BCUT2D eigenvalue weighted by molar-refractivity contribution is 7.92. The van der Waals surface area contributed by atoms with Crippen molar-refractivity contribution in [3.63, 3.8) is 0 Å². The van der Waals surface area contributed by atoms with Crippen LogP contribution in [-0.2, 0) is 10.0 Å². The van der Waals surface area contributed by atoms with Crippen molar-refractivity contribution < 1.29 is 22.3 Å². The van der Waals surface area contributed by atoms with Gasteiger partial charge < -0.3 is 4.74 Å². The van der Waals surface area contributed by atoms with Crippen LogP contribution in [-0.4, -0.2) is 27.1 Å². The maximum atomic E-state index is 13.0. The molecule has 0 saturated heterocycles. The molecule has 0 aliphatic carbocycles. The monoisotopic (exact) mass is 357 g/mol. The van der Waals surface area contributed by atoms with Gasteiger partial charge in [-0.2, -0.15) is 0 Å². The third-order valence-corrected chi connectivity index (χ3v) is 3.67. The van der Waals surface area contributed by atoms with Crippen LogP contribution >= 0.6 is 11.6 Å². The van der Waals surface area contributed by atoms with E-state index in [0.29, 0.717) is 11.3 Å². The Morgan fingerprint density at radius 3 is 2.43 bits per heavy atom. The molecule has 122 valence electrons. The van der Waals surface area contributed by atoms with Crippen molar-refractivity contribution in [1.82, 2.24) is 0 Å². The number of rotatable bonds is 6. The lowest BCUT2D eigenvalue weighted by Crippen LogP contribution is -2.12. The number of nitrogens with one attached hydrogen (secondary N) is 1. The Balaban J connectivity index is 1.99. The van der Waals surface area contributed by atoms with Gasteiger partial charge >= 0.3 is 0 Å². The number of hydrogen-bond acceptors (Lipinski definition) is 4. The quantitative estimate of drug-likeness (QED) is 0.806. The first kappa shape index (κ1) is 17.2. The smallest absolute Gasteiger partial charge is 0.229 e. The minimum absolute atomic E-state index is 0.0915. The Labute approximate surface area is 138 Å². The summed E-state index contributed by atoms with van der Waals surface area (Å²) in [5.74, 6) is -0.601. The second-order valence-electron chi connectivity index (χ2n) is 4.74. The summed E-state index contributed by atoms with van der Waals surface area (Å²) in [6.07, 6.45) is 1.04. The molecule has 23 heavy (non-hydrogen) atoms. The molecule has 0 aliphatic rings. The van der Waals surface area contributed by atoms with E-state index < -0.39 is 15.8 Å². The van der Waals surface area contributed by atoms with Crippen LogP contribution in [0.15, 0.2) is 42.5 Å². The lowest BCUT2D eigenvalue weighted by molar-refractivity contribution is 0.0921.